The Morgan fingerprint density at radius 2 is 1.62 bits per heavy atom. The Labute approximate surface area is 203 Å². The third-order valence-electron chi connectivity index (χ3n) is 5.04. The number of hydrogen-bond donors (Lipinski definition) is 4. The molecule has 0 fully saturated rings. The van der Waals surface area contributed by atoms with E-state index in [0.29, 0.717) is 0 Å². The van der Waals surface area contributed by atoms with E-state index < -0.39 is 11.8 Å². The first kappa shape index (κ1) is 24.6. The molecule has 0 heterocycles. The van der Waals surface area contributed by atoms with Crippen LogP contribution in [-0.4, -0.2) is 22.8 Å². The molecular formula is C26H26N4O3S. The summed E-state index contributed by atoms with van der Waals surface area (Å²) in [5.74, 6) is -1.13. The number of hydrazine groups is 1. The number of anilines is 1. The molecule has 174 valence electrons. The largest absolute Gasteiger partial charge is 0.326 e. The van der Waals surface area contributed by atoms with Crippen molar-refractivity contribution >= 4 is 57.6 Å². The molecule has 3 rings (SSSR count). The molecule has 0 saturated carbocycles. The Morgan fingerprint density at radius 1 is 0.882 bits per heavy atom. The van der Waals surface area contributed by atoms with Crippen LogP contribution >= 0.6 is 12.2 Å². The van der Waals surface area contributed by atoms with Crippen molar-refractivity contribution in [1.82, 2.24) is 16.2 Å². The molecule has 0 aliphatic carbocycles. The summed E-state index contributed by atoms with van der Waals surface area (Å²) in [6.07, 6.45) is 3.04. The minimum atomic E-state index is -0.437. The number of carbonyl (C=O) groups excluding carboxylic acids is 3. The Hall–Kier alpha value is -4.04. The first-order valence-corrected chi connectivity index (χ1v) is 11.2. The fourth-order valence-electron chi connectivity index (χ4n) is 3.25. The van der Waals surface area contributed by atoms with Crippen LogP contribution in [0.25, 0.3) is 16.8 Å². The van der Waals surface area contributed by atoms with Crippen molar-refractivity contribution in [1.29, 1.82) is 0 Å². The van der Waals surface area contributed by atoms with E-state index in [9.17, 15) is 14.4 Å². The maximum absolute atomic E-state index is 12.2. The van der Waals surface area contributed by atoms with Crippen LogP contribution in [0.1, 0.15) is 29.5 Å². The standard InChI is InChI=1S/C26H26N4O3S/c1-17-10-11-18(2)22(16-17)27-23(31)14-15-25(33)29-30-26(34)28-24(32)13-12-20-8-5-7-19-6-3-4-9-21(19)20/h3-13,16H,14-15H2,1-2H3,(H,27,31)(H,29,33)(H2,28,30,32,34)/b13-12+. The van der Waals surface area contributed by atoms with Gasteiger partial charge in [0.25, 0.3) is 0 Å². The molecule has 7 nitrogen and oxygen atoms in total. The van der Waals surface area contributed by atoms with Gasteiger partial charge in [-0.2, -0.15) is 0 Å². The minimum Gasteiger partial charge on any atom is -0.326 e. The van der Waals surface area contributed by atoms with Crippen molar-refractivity contribution in [2.75, 3.05) is 5.32 Å². The number of thiocarbonyl (C=S) groups is 1. The molecule has 8 heteroatoms. The van der Waals surface area contributed by atoms with E-state index in [1.54, 1.807) is 6.08 Å². The maximum Gasteiger partial charge on any atom is 0.250 e. The normalized spacial score (nSPS) is 10.6. The number of rotatable bonds is 6. The third kappa shape index (κ3) is 7.25. The number of nitrogens with one attached hydrogen (secondary N) is 4. The molecule has 0 aromatic heterocycles. The zero-order chi connectivity index (χ0) is 24.5. The third-order valence-corrected chi connectivity index (χ3v) is 5.24. The second-order valence-electron chi connectivity index (χ2n) is 7.76. The predicted molar refractivity (Wildman–Crippen MR) is 139 cm³/mol. The lowest BCUT2D eigenvalue weighted by Gasteiger charge is -2.11. The van der Waals surface area contributed by atoms with Gasteiger partial charge in [0.2, 0.25) is 17.7 Å². The van der Waals surface area contributed by atoms with Gasteiger partial charge in [0.1, 0.15) is 0 Å². The van der Waals surface area contributed by atoms with E-state index in [1.807, 2.05) is 74.5 Å². The lowest BCUT2D eigenvalue weighted by Crippen LogP contribution is -2.48. The molecule has 0 saturated heterocycles. The van der Waals surface area contributed by atoms with Gasteiger partial charge in [-0.1, -0.05) is 54.6 Å². The molecule has 3 amide bonds. The zero-order valence-electron chi connectivity index (χ0n) is 19.0. The molecule has 4 N–H and O–H groups in total. The van der Waals surface area contributed by atoms with Crippen LogP contribution < -0.4 is 21.5 Å². The molecule has 0 aliphatic rings. The molecule has 0 radical (unpaired) electrons. The van der Waals surface area contributed by atoms with Gasteiger partial charge in [-0.15, -0.1) is 0 Å². The quantitative estimate of drug-likeness (QED) is 0.247. The molecular weight excluding hydrogens is 448 g/mol. The van der Waals surface area contributed by atoms with Crippen LogP contribution in [0.5, 0.6) is 0 Å². The lowest BCUT2D eigenvalue weighted by molar-refractivity contribution is -0.124. The summed E-state index contributed by atoms with van der Waals surface area (Å²) in [6, 6.07) is 19.5. The van der Waals surface area contributed by atoms with Crippen LogP contribution in [0.3, 0.4) is 0 Å². The van der Waals surface area contributed by atoms with Gasteiger partial charge in [-0.25, -0.2) is 0 Å². The fraction of sp³-hybridized carbons (Fsp3) is 0.154. The summed E-state index contributed by atoms with van der Waals surface area (Å²) in [5, 5.41) is 7.32. The summed E-state index contributed by atoms with van der Waals surface area (Å²) in [7, 11) is 0. The van der Waals surface area contributed by atoms with Gasteiger partial charge < -0.3 is 5.32 Å². The molecule has 0 unspecified atom stereocenters. The number of fused-ring (bicyclic) bond motifs is 1. The highest BCUT2D eigenvalue weighted by Crippen LogP contribution is 2.19. The summed E-state index contributed by atoms with van der Waals surface area (Å²) >= 11 is 5.03. The SMILES string of the molecule is Cc1ccc(C)c(NC(=O)CCC(=O)NNC(=S)NC(=O)/C=C/c2cccc3ccccc23)c1. The van der Waals surface area contributed by atoms with Gasteiger partial charge in [-0.3, -0.25) is 30.6 Å². The molecule has 0 bridgehead atoms. The number of hydrogen-bond acceptors (Lipinski definition) is 4. The topological polar surface area (TPSA) is 99.3 Å². The zero-order valence-corrected chi connectivity index (χ0v) is 19.8. The Morgan fingerprint density at radius 3 is 2.44 bits per heavy atom. The van der Waals surface area contributed by atoms with Crippen LogP contribution in [0.4, 0.5) is 5.69 Å². The first-order valence-electron chi connectivity index (χ1n) is 10.7. The van der Waals surface area contributed by atoms with Crippen LogP contribution in [0.2, 0.25) is 0 Å². The van der Waals surface area contributed by atoms with Crippen LogP contribution in [0.15, 0.2) is 66.7 Å². The predicted octanol–water partition coefficient (Wildman–Crippen LogP) is 3.91. The Kier molecular flexibility index (Phi) is 8.48. The first-order chi connectivity index (χ1) is 16.3. The average Bonchev–Trinajstić information content (AvgIpc) is 2.82. The molecule has 3 aromatic rings. The van der Waals surface area contributed by atoms with Crippen molar-refractivity contribution in [3.8, 4) is 0 Å². The average molecular weight is 475 g/mol. The summed E-state index contributed by atoms with van der Waals surface area (Å²) < 4.78 is 0. The molecule has 0 aliphatic heterocycles. The van der Waals surface area contributed by atoms with Crippen LogP contribution in [-0.2, 0) is 14.4 Å². The van der Waals surface area contributed by atoms with E-state index in [2.05, 4.69) is 21.5 Å². The van der Waals surface area contributed by atoms with Gasteiger partial charge >= 0.3 is 0 Å². The van der Waals surface area contributed by atoms with Gasteiger partial charge in [0, 0.05) is 24.6 Å². The van der Waals surface area contributed by atoms with Crippen LogP contribution in [0, 0.1) is 13.8 Å². The number of aryl methyl sites for hydroxylation is 2. The van der Waals surface area contributed by atoms with Crippen molar-refractivity contribution in [2.24, 2.45) is 0 Å². The Balaban J connectivity index is 1.40. The van der Waals surface area contributed by atoms with Crippen molar-refractivity contribution in [3.05, 3.63) is 83.4 Å². The smallest absolute Gasteiger partial charge is 0.250 e. The highest BCUT2D eigenvalue weighted by molar-refractivity contribution is 7.80. The summed E-state index contributed by atoms with van der Waals surface area (Å²) in [6.45, 7) is 3.84. The van der Waals surface area contributed by atoms with E-state index in [-0.39, 0.29) is 23.9 Å². The Bertz CT molecular complexity index is 1260. The molecule has 34 heavy (non-hydrogen) atoms. The fourth-order valence-corrected chi connectivity index (χ4v) is 3.40. The van der Waals surface area contributed by atoms with Crippen molar-refractivity contribution < 1.29 is 14.4 Å². The second kappa shape index (κ2) is 11.7. The van der Waals surface area contributed by atoms with Gasteiger partial charge in [0.05, 0.1) is 0 Å². The second-order valence-corrected chi connectivity index (χ2v) is 8.17. The monoisotopic (exact) mass is 474 g/mol. The maximum atomic E-state index is 12.2. The molecule has 0 spiro atoms. The number of benzene rings is 3. The number of amides is 3. The van der Waals surface area contributed by atoms with Crippen molar-refractivity contribution in [2.45, 2.75) is 26.7 Å². The minimum absolute atomic E-state index is 0.00772. The summed E-state index contributed by atoms with van der Waals surface area (Å²) in [5.41, 5.74) is 8.45. The van der Waals surface area contributed by atoms with Crippen molar-refractivity contribution in [3.63, 3.8) is 0 Å². The molecule has 3 aromatic carbocycles. The highest BCUT2D eigenvalue weighted by atomic mass is 32.1. The van der Waals surface area contributed by atoms with Gasteiger partial charge in [0.15, 0.2) is 5.11 Å². The van der Waals surface area contributed by atoms with Gasteiger partial charge in [-0.05, 0) is 65.7 Å². The number of carbonyl (C=O) groups is 3. The molecule has 0 atom stereocenters. The lowest BCUT2D eigenvalue weighted by atomic mass is 10.0. The van der Waals surface area contributed by atoms with E-state index in [4.69, 9.17) is 12.2 Å². The van der Waals surface area contributed by atoms with E-state index in [0.717, 1.165) is 33.2 Å². The van der Waals surface area contributed by atoms with E-state index in [1.165, 1.54) is 6.08 Å². The summed E-state index contributed by atoms with van der Waals surface area (Å²) in [4.78, 5) is 36.3. The van der Waals surface area contributed by atoms with E-state index >= 15 is 0 Å². The highest BCUT2D eigenvalue weighted by Gasteiger charge is 2.09.